The van der Waals surface area contributed by atoms with Gasteiger partial charge >= 0.3 is 5.97 Å². The number of aliphatic hydroxyl groups is 8. The summed E-state index contributed by atoms with van der Waals surface area (Å²) in [5.41, 5.74) is 2.80. The van der Waals surface area contributed by atoms with E-state index in [1.165, 1.54) is 0 Å². The van der Waals surface area contributed by atoms with Gasteiger partial charge < -0.3 is 64.9 Å². The molecule has 2 saturated heterocycles. The number of carboxylic acid groups (broad SMARTS) is 1. The van der Waals surface area contributed by atoms with E-state index in [-0.39, 0.29) is 46.0 Å². The second-order valence-electron chi connectivity index (χ2n) is 19.8. The van der Waals surface area contributed by atoms with Crippen molar-refractivity contribution in [2.75, 3.05) is 6.61 Å². The Bertz CT molecular complexity index is 1440. The number of hydrogen-bond donors (Lipinski definition) is 9. The highest BCUT2D eigenvalue weighted by molar-refractivity contribution is 5.73. The van der Waals surface area contributed by atoms with Crippen molar-refractivity contribution in [3.05, 3.63) is 11.1 Å². The van der Waals surface area contributed by atoms with Crippen LogP contribution in [0.5, 0.6) is 0 Å². The highest BCUT2D eigenvalue weighted by Gasteiger charge is 2.61. The van der Waals surface area contributed by atoms with E-state index in [0.717, 1.165) is 44.9 Å². The standard InChI is InChI=1S/C42H70O14/c1-18(2)19(3)28(43)29(44)20(4)22-10-11-23-21-9-12-26-40(5,6)27(14-16-42(26,8)24(21)13-15-41(22,23)7)55-39-35(50)31(46)30(45)25(54-39)17-53-38-34(49)32(47)33(48)36(56-38)37(51)52/h18-20,22-23,25-36,38-39,43-50H,9-17H2,1-8H3,(H,51,52)/t19?,20-,22+,23?,25+,26?,27-,28?,29-,30+,31-,32-,33-,34+,35+,36-,38+,39-,41+,42+/m0/s1. The van der Waals surface area contributed by atoms with Gasteiger partial charge in [-0.3, -0.25) is 0 Å². The summed E-state index contributed by atoms with van der Waals surface area (Å²) in [6.45, 7) is 17.0. The summed E-state index contributed by atoms with van der Waals surface area (Å²) in [7, 11) is 0. The van der Waals surface area contributed by atoms with Crippen LogP contribution in [0.3, 0.4) is 0 Å². The molecule has 4 aliphatic carbocycles. The van der Waals surface area contributed by atoms with Crippen molar-refractivity contribution in [1.29, 1.82) is 0 Å². The second kappa shape index (κ2) is 16.3. The van der Waals surface area contributed by atoms with Crippen molar-refractivity contribution in [2.45, 2.75) is 186 Å². The van der Waals surface area contributed by atoms with E-state index in [2.05, 4.69) is 48.5 Å². The van der Waals surface area contributed by atoms with Crippen molar-refractivity contribution in [1.82, 2.24) is 0 Å². The van der Waals surface area contributed by atoms with Gasteiger partial charge in [0.1, 0.15) is 42.7 Å². The number of rotatable bonds is 11. The van der Waals surface area contributed by atoms with Crippen molar-refractivity contribution in [2.24, 2.45) is 51.8 Å². The van der Waals surface area contributed by atoms with E-state index in [4.69, 9.17) is 18.9 Å². The van der Waals surface area contributed by atoms with Gasteiger partial charge in [-0.2, -0.15) is 0 Å². The fourth-order valence-electron chi connectivity index (χ4n) is 12.4. The largest absolute Gasteiger partial charge is 0.479 e. The lowest BCUT2D eigenvalue weighted by molar-refractivity contribution is -0.341. The third-order valence-electron chi connectivity index (χ3n) is 16.3. The zero-order valence-electron chi connectivity index (χ0n) is 34.4. The van der Waals surface area contributed by atoms with Crippen LogP contribution >= 0.6 is 0 Å². The molecule has 0 aromatic carbocycles. The molecule has 0 amide bonds. The van der Waals surface area contributed by atoms with Crippen molar-refractivity contribution in [3.8, 4) is 0 Å². The van der Waals surface area contributed by atoms with Crippen molar-refractivity contribution in [3.63, 3.8) is 0 Å². The average Bonchev–Trinajstić information content (AvgIpc) is 3.50. The maximum atomic E-state index is 11.5. The smallest absolute Gasteiger partial charge is 0.335 e. The second-order valence-corrected chi connectivity index (χ2v) is 19.8. The molecule has 4 unspecified atom stereocenters. The maximum absolute atomic E-state index is 11.5. The average molecular weight is 799 g/mol. The first-order valence-electron chi connectivity index (χ1n) is 21.1. The van der Waals surface area contributed by atoms with Gasteiger partial charge in [-0.05, 0) is 103 Å². The normalized spacial score (nSPS) is 47.4. The number of fused-ring (bicyclic) bond motifs is 4. The molecule has 4 fully saturated rings. The molecule has 0 radical (unpaired) electrons. The lowest BCUT2D eigenvalue weighted by Crippen LogP contribution is -2.63. The topological polar surface area (TPSA) is 236 Å². The third kappa shape index (κ3) is 7.44. The molecule has 14 heteroatoms. The van der Waals surface area contributed by atoms with E-state index in [1.807, 2.05) is 6.92 Å². The van der Waals surface area contributed by atoms with Crippen molar-refractivity contribution >= 4 is 5.97 Å². The lowest BCUT2D eigenvalue weighted by atomic mass is 9.45. The number of ether oxygens (including phenoxy) is 4. The summed E-state index contributed by atoms with van der Waals surface area (Å²) in [5.74, 6) is -0.269. The molecule has 6 aliphatic rings. The molecule has 0 aromatic rings. The van der Waals surface area contributed by atoms with Gasteiger partial charge in [0, 0.05) is 0 Å². The number of carbonyl (C=O) groups is 1. The third-order valence-corrected chi connectivity index (χ3v) is 16.3. The molecule has 2 heterocycles. The number of carboxylic acids is 1. The first kappa shape index (κ1) is 44.3. The van der Waals surface area contributed by atoms with Crippen LogP contribution in [0, 0.1) is 51.8 Å². The monoisotopic (exact) mass is 798 g/mol. The number of aliphatic hydroxyl groups excluding tert-OH is 8. The number of hydrogen-bond acceptors (Lipinski definition) is 13. The fraction of sp³-hybridized carbons (Fsp3) is 0.929. The van der Waals surface area contributed by atoms with Gasteiger partial charge in [-0.1, -0.05) is 66.5 Å². The fourth-order valence-corrected chi connectivity index (χ4v) is 12.4. The van der Waals surface area contributed by atoms with Crippen LogP contribution in [0.2, 0.25) is 0 Å². The van der Waals surface area contributed by atoms with Gasteiger partial charge in [-0.15, -0.1) is 0 Å². The quantitative estimate of drug-likeness (QED) is 0.136. The van der Waals surface area contributed by atoms with Gasteiger partial charge in [0.25, 0.3) is 0 Å². The van der Waals surface area contributed by atoms with E-state index in [1.54, 1.807) is 11.1 Å². The summed E-state index contributed by atoms with van der Waals surface area (Å²) in [6.07, 6.45) is -10.9. The predicted octanol–water partition coefficient (Wildman–Crippen LogP) is 2.10. The maximum Gasteiger partial charge on any atom is 0.335 e. The van der Waals surface area contributed by atoms with Crippen LogP contribution < -0.4 is 0 Å². The summed E-state index contributed by atoms with van der Waals surface area (Å²) < 4.78 is 23.3. The molecule has 6 rings (SSSR count). The van der Waals surface area contributed by atoms with E-state index < -0.39 is 86.2 Å². The van der Waals surface area contributed by atoms with E-state index >= 15 is 0 Å². The minimum Gasteiger partial charge on any atom is -0.479 e. The summed E-state index contributed by atoms with van der Waals surface area (Å²) in [6, 6.07) is 0. The van der Waals surface area contributed by atoms with Crippen LogP contribution in [-0.2, 0) is 23.7 Å². The molecular formula is C42H70O14. The Morgan fingerprint density at radius 3 is 2.05 bits per heavy atom. The Kier molecular flexibility index (Phi) is 12.9. The molecule has 322 valence electrons. The number of aliphatic carboxylic acids is 1. The zero-order chi connectivity index (χ0) is 41.4. The highest BCUT2D eigenvalue weighted by Crippen LogP contribution is 2.68. The van der Waals surface area contributed by atoms with Crippen LogP contribution in [0.1, 0.15) is 107 Å². The van der Waals surface area contributed by atoms with E-state index in [9.17, 15) is 50.8 Å². The molecule has 0 bridgehead atoms. The van der Waals surface area contributed by atoms with Crippen LogP contribution in [0.25, 0.3) is 0 Å². The minimum absolute atomic E-state index is 0.00921. The first-order valence-corrected chi connectivity index (χ1v) is 21.1. The van der Waals surface area contributed by atoms with E-state index in [0.29, 0.717) is 18.3 Å². The molecular weight excluding hydrogens is 728 g/mol. The predicted molar refractivity (Wildman–Crippen MR) is 201 cm³/mol. The van der Waals surface area contributed by atoms with Crippen LogP contribution in [-0.4, -0.2) is 138 Å². The molecule has 56 heavy (non-hydrogen) atoms. The minimum atomic E-state index is -1.90. The Morgan fingerprint density at radius 1 is 0.768 bits per heavy atom. The Morgan fingerprint density at radius 2 is 1.41 bits per heavy atom. The molecule has 9 N–H and O–H groups in total. The lowest BCUT2D eigenvalue weighted by Gasteiger charge is -2.61. The van der Waals surface area contributed by atoms with Crippen molar-refractivity contribution < 1.29 is 69.7 Å². The van der Waals surface area contributed by atoms with Gasteiger partial charge in [0.15, 0.2) is 18.7 Å². The van der Waals surface area contributed by atoms with Crippen LogP contribution in [0.15, 0.2) is 11.1 Å². The Balaban J connectivity index is 1.13. The number of allylic oxidation sites excluding steroid dienone is 2. The Hall–Kier alpha value is -1.27. The van der Waals surface area contributed by atoms with Gasteiger partial charge in [-0.25, -0.2) is 4.79 Å². The SMILES string of the molecule is CC(C)C(C)C(O)[C@@H](O)[C@@H](C)[C@H]1CCC2C3=C(CC[C@@]21C)[C@@]1(C)CC[C@H](O[C@@H]2O[C@H](CO[C@@H]4O[C@H](C(=O)O)[C@@H](O)[C@H](O)[C@H]4O)[C@@H](O)[C@H](O)[C@H]2O)C(C)(C)C1CC3. The van der Waals surface area contributed by atoms with Gasteiger partial charge in [0.2, 0.25) is 0 Å². The molecule has 0 spiro atoms. The summed E-state index contributed by atoms with van der Waals surface area (Å²) in [4.78, 5) is 11.5. The zero-order valence-corrected chi connectivity index (χ0v) is 34.4. The summed E-state index contributed by atoms with van der Waals surface area (Å²) in [5, 5.41) is 95.1. The first-order chi connectivity index (χ1) is 26.1. The summed E-state index contributed by atoms with van der Waals surface area (Å²) >= 11 is 0. The van der Waals surface area contributed by atoms with Gasteiger partial charge in [0.05, 0.1) is 24.9 Å². The molecule has 20 atom stereocenters. The van der Waals surface area contributed by atoms with Crippen LogP contribution in [0.4, 0.5) is 0 Å². The Labute approximate surface area is 331 Å². The molecule has 14 nitrogen and oxygen atoms in total. The molecule has 0 aromatic heterocycles. The highest BCUT2D eigenvalue weighted by atomic mass is 16.7. The molecule has 2 aliphatic heterocycles. The molecule has 2 saturated carbocycles.